The zero-order valence-corrected chi connectivity index (χ0v) is 10.3. The molecule has 2 saturated heterocycles. The van der Waals surface area contributed by atoms with Crippen LogP contribution in [0.1, 0.15) is 33.1 Å². The first-order chi connectivity index (χ1) is 7.22. The zero-order valence-electron chi connectivity index (χ0n) is 9.45. The Balaban J connectivity index is 1.90. The molecular formula is C11H20N2OS. The van der Waals surface area contributed by atoms with Crippen molar-refractivity contribution in [3.05, 3.63) is 0 Å². The van der Waals surface area contributed by atoms with E-state index in [1.54, 1.807) is 0 Å². The molecule has 4 atom stereocenters. The van der Waals surface area contributed by atoms with Gasteiger partial charge in [0, 0.05) is 5.75 Å². The van der Waals surface area contributed by atoms with Crippen LogP contribution in [0.4, 0.5) is 4.79 Å². The summed E-state index contributed by atoms with van der Waals surface area (Å²) in [7, 11) is 0. The van der Waals surface area contributed by atoms with E-state index < -0.39 is 0 Å². The van der Waals surface area contributed by atoms with Gasteiger partial charge in [0.25, 0.3) is 0 Å². The number of rotatable bonds is 4. The summed E-state index contributed by atoms with van der Waals surface area (Å²) in [6.07, 6.45) is 3.87. The highest BCUT2D eigenvalue weighted by atomic mass is 32.2. The fourth-order valence-electron chi connectivity index (χ4n) is 2.54. The van der Waals surface area contributed by atoms with Crippen molar-refractivity contribution < 1.29 is 4.79 Å². The van der Waals surface area contributed by atoms with E-state index in [1.807, 2.05) is 11.8 Å². The Hall–Kier alpha value is -0.380. The van der Waals surface area contributed by atoms with Crippen molar-refractivity contribution in [1.29, 1.82) is 0 Å². The molecule has 2 aliphatic heterocycles. The minimum atomic E-state index is 0.0184. The molecule has 3 nitrogen and oxygen atoms in total. The van der Waals surface area contributed by atoms with Crippen molar-refractivity contribution in [1.82, 2.24) is 10.6 Å². The molecule has 2 rings (SSSR count). The molecule has 15 heavy (non-hydrogen) atoms. The lowest BCUT2D eigenvalue weighted by Crippen LogP contribution is -2.37. The summed E-state index contributed by atoms with van der Waals surface area (Å²) in [5.41, 5.74) is 0. The quantitative estimate of drug-likeness (QED) is 0.774. The molecule has 2 fully saturated rings. The van der Waals surface area contributed by atoms with E-state index in [-0.39, 0.29) is 6.03 Å². The fourth-order valence-corrected chi connectivity index (χ4v) is 4.17. The van der Waals surface area contributed by atoms with E-state index in [1.165, 1.54) is 25.0 Å². The summed E-state index contributed by atoms with van der Waals surface area (Å²) in [5, 5.41) is 6.35. The monoisotopic (exact) mass is 228 g/mol. The standard InChI is InChI=1S/C11H20N2OS/c1-3-4-5-7(2)8-6-15-10-9(8)12-11(14)13-10/h7-10H,3-6H2,1-2H3,(H2,12,13,14). The van der Waals surface area contributed by atoms with Gasteiger partial charge in [-0.05, 0) is 11.8 Å². The fraction of sp³-hybridized carbons (Fsp3) is 0.909. The molecule has 0 aromatic heterocycles. The van der Waals surface area contributed by atoms with Gasteiger partial charge in [-0.1, -0.05) is 33.1 Å². The number of carbonyl (C=O) groups excluding carboxylic acids is 1. The SMILES string of the molecule is CCCCC(C)C1CSC2NC(=O)NC21. The highest BCUT2D eigenvalue weighted by Crippen LogP contribution is 2.38. The minimum Gasteiger partial charge on any atom is -0.332 e. The molecule has 0 aliphatic carbocycles. The Morgan fingerprint density at radius 3 is 3.07 bits per heavy atom. The zero-order chi connectivity index (χ0) is 10.8. The number of thioether (sulfide) groups is 1. The predicted octanol–water partition coefficient (Wildman–Crippen LogP) is 2.18. The third-order valence-corrected chi connectivity index (χ3v) is 4.92. The van der Waals surface area contributed by atoms with Crippen molar-refractivity contribution in [2.75, 3.05) is 5.75 Å². The largest absolute Gasteiger partial charge is 0.332 e. The molecule has 2 heterocycles. The van der Waals surface area contributed by atoms with E-state index in [9.17, 15) is 4.79 Å². The normalized spacial score (nSPS) is 35.9. The number of carbonyl (C=O) groups is 1. The molecule has 2 N–H and O–H groups in total. The molecule has 0 aromatic carbocycles. The van der Waals surface area contributed by atoms with Crippen molar-refractivity contribution in [2.24, 2.45) is 11.8 Å². The van der Waals surface area contributed by atoms with E-state index in [0.29, 0.717) is 17.3 Å². The second-order valence-corrected chi connectivity index (χ2v) is 5.86. The molecule has 86 valence electrons. The summed E-state index contributed by atoms with van der Waals surface area (Å²) in [6.45, 7) is 4.56. The first-order valence-corrected chi connectivity index (χ1v) is 6.96. The Morgan fingerprint density at radius 1 is 1.53 bits per heavy atom. The number of hydrogen-bond donors (Lipinski definition) is 2. The second kappa shape index (κ2) is 4.64. The van der Waals surface area contributed by atoms with Crippen molar-refractivity contribution >= 4 is 17.8 Å². The lowest BCUT2D eigenvalue weighted by atomic mass is 9.86. The first kappa shape index (κ1) is 11.1. The van der Waals surface area contributed by atoms with E-state index in [4.69, 9.17) is 0 Å². The van der Waals surface area contributed by atoms with Gasteiger partial charge in [-0.25, -0.2) is 4.79 Å². The van der Waals surface area contributed by atoms with Crippen LogP contribution in [0.2, 0.25) is 0 Å². The third-order valence-electron chi connectivity index (χ3n) is 3.57. The van der Waals surface area contributed by atoms with Crippen LogP contribution in [0, 0.1) is 11.8 Å². The average Bonchev–Trinajstić information content (AvgIpc) is 2.72. The Morgan fingerprint density at radius 2 is 2.33 bits per heavy atom. The lowest BCUT2D eigenvalue weighted by molar-refractivity contribution is 0.243. The maximum Gasteiger partial charge on any atom is 0.316 e. The smallest absolute Gasteiger partial charge is 0.316 e. The Kier molecular flexibility index (Phi) is 3.44. The van der Waals surface area contributed by atoms with Crippen molar-refractivity contribution in [3.63, 3.8) is 0 Å². The van der Waals surface area contributed by atoms with Crippen LogP contribution in [0.3, 0.4) is 0 Å². The molecule has 2 aliphatic rings. The van der Waals surface area contributed by atoms with Gasteiger partial charge in [0.15, 0.2) is 0 Å². The highest BCUT2D eigenvalue weighted by Gasteiger charge is 2.44. The molecule has 4 unspecified atom stereocenters. The van der Waals surface area contributed by atoms with Crippen molar-refractivity contribution in [2.45, 2.75) is 44.5 Å². The molecular weight excluding hydrogens is 208 g/mol. The molecule has 0 aromatic rings. The van der Waals surface area contributed by atoms with Gasteiger partial charge < -0.3 is 10.6 Å². The summed E-state index contributed by atoms with van der Waals surface area (Å²) >= 11 is 1.89. The number of urea groups is 1. The van der Waals surface area contributed by atoms with Gasteiger partial charge in [-0.15, -0.1) is 11.8 Å². The molecule has 0 radical (unpaired) electrons. The van der Waals surface area contributed by atoms with Gasteiger partial charge in [0.05, 0.1) is 11.4 Å². The molecule has 4 heteroatoms. The van der Waals surface area contributed by atoms with Gasteiger partial charge in [0.1, 0.15) is 0 Å². The Bertz CT molecular complexity index is 247. The third kappa shape index (κ3) is 2.25. The van der Waals surface area contributed by atoms with Crippen LogP contribution in [0.25, 0.3) is 0 Å². The van der Waals surface area contributed by atoms with Crippen LogP contribution >= 0.6 is 11.8 Å². The molecule has 0 bridgehead atoms. The summed E-state index contributed by atoms with van der Waals surface area (Å²) in [6, 6.07) is 0.388. The van der Waals surface area contributed by atoms with E-state index in [2.05, 4.69) is 24.5 Å². The summed E-state index contributed by atoms with van der Waals surface area (Å²) in [4.78, 5) is 11.2. The van der Waals surface area contributed by atoms with Crippen LogP contribution in [-0.2, 0) is 0 Å². The minimum absolute atomic E-state index is 0.0184. The maximum absolute atomic E-state index is 11.2. The van der Waals surface area contributed by atoms with E-state index in [0.717, 1.165) is 5.92 Å². The van der Waals surface area contributed by atoms with Crippen LogP contribution < -0.4 is 10.6 Å². The van der Waals surface area contributed by atoms with Crippen LogP contribution in [0.15, 0.2) is 0 Å². The predicted molar refractivity (Wildman–Crippen MR) is 63.9 cm³/mol. The lowest BCUT2D eigenvalue weighted by Gasteiger charge is -2.23. The van der Waals surface area contributed by atoms with Gasteiger partial charge in [-0.3, -0.25) is 0 Å². The van der Waals surface area contributed by atoms with Gasteiger partial charge in [0.2, 0.25) is 0 Å². The first-order valence-electron chi connectivity index (χ1n) is 5.91. The highest BCUT2D eigenvalue weighted by molar-refractivity contribution is 8.00. The van der Waals surface area contributed by atoms with Crippen LogP contribution in [-0.4, -0.2) is 23.2 Å². The summed E-state index contributed by atoms with van der Waals surface area (Å²) in [5.74, 6) is 2.58. The molecule has 0 spiro atoms. The number of fused-ring (bicyclic) bond motifs is 1. The number of nitrogens with one attached hydrogen (secondary N) is 2. The topological polar surface area (TPSA) is 41.1 Å². The maximum atomic E-state index is 11.2. The number of unbranched alkanes of at least 4 members (excludes halogenated alkanes) is 1. The van der Waals surface area contributed by atoms with Crippen molar-refractivity contribution in [3.8, 4) is 0 Å². The van der Waals surface area contributed by atoms with Crippen LogP contribution in [0.5, 0.6) is 0 Å². The second-order valence-electron chi connectivity index (χ2n) is 4.68. The number of amides is 2. The molecule has 2 amide bonds. The van der Waals surface area contributed by atoms with Gasteiger partial charge >= 0.3 is 6.03 Å². The average molecular weight is 228 g/mol. The van der Waals surface area contributed by atoms with Gasteiger partial charge in [-0.2, -0.15) is 0 Å². The molecule has 0 saturated carbocycles. The Labute approximate surface area is 95.8 Å². The summed E-state index contributed by atoms with van der Waals surface area (Å²) < 4.78 is 0. The van der Waals surface area contributed by atoms with E-state index >= 15 is 0 Å². The number of hydrogen-bond acceptors (Lipinski definition) is 2.